The molecule has 1 amide bonds. The summed E-state index contributed by atoms with van der Waals surface area (Å²) in [6.07, 6.45) is 0. The third kappa shape index (κ3) is 2.69. The minimum Gasteiger partial charge on any atom is -0.507 e. The molecule has 0 fully saturated rings. The van der Waals surface area contributed by atoms with Gasteiger partial charge in [0.25, 0.3) is 5.91 Å². The van der Waals surface area contributed by atoms with Gasteiger partial charge in [0.1, 0.15) is 17.6 Å². The number of anilines is 1. The molecular formula is C14H9FN2O2. The maximum absolute atomic E-state index is 13.1. The van der Waals surface area contributed by atoms with E-state index in [1.807, 2.05) is 0 Å². The first kappa shape index (κ1) is 12.6. The van der Waals surface area contributed by atoms with Gasteiger partial charge in [-0.25, -0.2) is 4.39 Å². The maximum atomic E-state index is 13.1. The van der Waals surface area contributed by atoms with Gasteiger partial charge in [0.05, 0.1) is 11.1 Å². The van der Waals surface area contributed by atoms with Gasteiger partial charge < -0.3 is 10.4 Å². The van der Waals surface area contributed by atoms with Gasteiger partial charge in [0.15, 0.2) is 0 Å². The van der Waals surface area contributed by atoms with Crippen LogP contribution in [0.1, 0.15) is 15.9 Å². The number of phenolic OH excluding ortho intramolecular Hbond substituents is 1. The van der Waals surface area contributed by atoms with Gasteiger partial charge >= 0.3 is 0 Å². The number of aromatic hydroxyl groups is 1. The first-order chi connectivity index (χ1) is 9.11. The Labute approximate surface area is 108 Å². The molecule has 0 atom stereocenters. The second kappa shape index (κ2) is 5.19. The molecule has 0 heterocycles. The van der Waals surface area contributed by atoms with Gasteiger partial charge in [-0.15, -0.1) is 0 Å². The molecule has 2 rings (SSSR count). The summed E-state index contributed by atoms with van der Waals surface area (Å²) in [5.74, 6) is -1.33. The number of phenols is 1. The minimum absolute atomic E-state index is 0.102. The maximum Gasteiger partial charge on any atom is 0.259 e. The van der Waals surface area contributed by atoms with E-state index in [0.29, 0.717) is 0 Å². The van der Waals surface area contributed by atoms with Crippen LogP contribution < -0.4 is 5.32 Å². The third-order valence-electron chi connectivity index (χ3n) is 2.49. The molecule has 0 aromatic heterocycles. The second-order valence-corrected chi connectivity index (χ2v) is 3.78. The fourth-order valence-electron chi connectivity index (χ4n) is 1.55. The van der Waals surface area contributed by atoms with E-state index in [2.05, 4.69) is 5.32 Å². The Morgan fingerprint density at radius 3 is 2.68 bits per heavy atom. The number of halogens is 1. The van der Waals surface area contributed by atoms with Crippen molar-refractivity contribution in [2.45, 2.75) is 0 Å². The number of para-hydroxylation sites is 1. The Bertz CT molecular complexity index is 677. The van der Waals surface area contributed by atoms with Gasteiger partial charge in [-0.05, 0) is 30.3 Å². The average molecular weight is 256 g/mol. The van der Waals surface area contributed by atoms with Crippen LogP contribution in [0.2, 0.25) is 0 Å². The molecule has 2 aromatic rings. The molecule has 2 N–H and O–H groups in total. The molecular weight excluding hydrogens is 247 g/mol. The van der Waals surface area contributed by atoms with Crippen molar-refractivity contribution in [3.8, 4) is 11.8 Å². The number of hydrogen-bond acceptors (Lipinski definition) is 3. The van der Waals surface area contributed by atoms with Crippen molar-refractivity contribution in [2.24, 2.45) is 0 Å². The molecule has 0 aliphatic heterocycles. The van der Waals surface area contributed by atoms with Crippen molar-refractivity contribution in [3.05, 3.63) is 59.4 Å². The lowest BCUT2D eigenvalue weighted by molar-refractivity contribution is 0.102. The highest BCUT2D eigenvalue weighted by atomic mass is 19.1. The number of carbonyl (C=O) groups excluding carboxylic acids is 1. The zero-order valence-corrected chi connectivity index (χ0v) is 9.72. The van der Waals surface area contributed by atoms with Crippen molar-refractivity contribution in [1.29, 1.82) is 5.26 Å². The summed E-state index contributed by atoms with van der Waals surface area (Å²) >= 11 is 0. The molecule has 0 radical (unpaired) electrons. The van der Waals surface area contributed by atoms with Gasteiger partial charge in [-0.1, -0.05) is 12.1 Å². The Morgan fingerprint density at radius 2 is 2.00 bits per heavy atom. The molecule has 94 valence electrons. The summed E-state index contributed by atoms with van der Waals surface area (Å²) in [7, 11) is 0. The molecule has 0 aliphatic rings. The summed E-state index contributed by atoms with van der Waals surface area (Å²) in [6, 6.07) is 11.4. The minimum atomic E-state index is -0.650. The Hall–Kier alpha value is -2.87. The molecule has 5 heteroatoms. The Kier molecular flexibility index (Phi) is 3.44. The monoisotopic (exact) mass is 256 g/mol. The van der Waals surface area contributed by atoms with Crippen LogP contribution in [0.15, 0.2) is 42.5 Å². The first-order valence-corrected chi connectivity index (χ1v) is 5.41. The number of nitrogens with one attached hydrogen (secondary N) is 1. The zero-order valence-electron chi connectivity index (χ0n) is 9.72. The standard InChI is InChI=1S/C14H9FN2O2/c15-12-6-5-10(7-9(12)8-16)17-14(19)11-3-1-2-4-13(11)18/h1-7,18H,(H,17,19). The van der Waals surface area contributed by atoms with Crippen molar-refractivity contribution >= 4 is 11.6 Å². The summed E-state index contributed by atoms with van der Waals surface area (Å²) in [6.45, 7) is 0. The molecule has 0 unspecified atom stereocenters. The van der Waals surface area contributed by atoms with Crippen LogP contribution in [0.3, 0.4) is 0 Å². The summed E-state index contributed by atoms with van der Waals surface area (Å²) in [5.41, 5.74) is 0.228. The molecule has 0 aliphatic carbocycles. The number of benzene rings is 2. The van der Waals surface area contributed by atoms with E-state index < -0.39 is 11.7 Å². The highest BCUT2D eigenvalue weighted by Gasteiger charge is 2.11. The van der Waals surface area contributed by atoms with Crippen molar-refractivity contribution < 1.29 is 14.3 Å². The van der Waals surface area contributed by atoms with Crippen LogP contribution in [0.5, 0.6) is 5.75 Å². The third-order valence-corrected chi connectivity index (χ3v) is 2.49. The predicted octanol–water partition coefficient (Wildman–Crippen LogP) is 2.66. The number of rotatable bonds is 2. The summed E-state index contributed by atoms with van der Waals surface area (Å²) in [5, 5.41) is 20.7. The molecule has 19 heavy (non-hydrogen) atoms. The van der Waals surface area contributed by atoms with E-state index in [4.69, 9.17) is 5.26 Å². The van der Waals surface area contributed by atoms with Gasteiger partial charge in [0.2, 0.25) is 0 Å². The highest BCUT2D eigenvalue weighted by Crippen LogP contribution is 2.19. The molecule has 0 saturated heterocycles. The number of carbonyl (C=O) groups is 1. The smallest absolute Gasteiger partial charge is 0.259 e. The number of nitriles is 1. The predicted molar refractivity (Wildman–Crippen MR) is 67.2 cm³/mol. The van der Waals surface area contributed by atoms with E-state index in [9.17, 15) is 14.3 Å². The topological polar surface area (TPSA) is 73.1 Å². The quantitative estimate of drug-likeness (QED) is 0.867. The van der Waals surface area contributed by atoms with Gasteiger partial charge in [0, 0.05) is 5.69 Å². The molecule has 0 bridgehead atoms. The molecule has 0 spiro atoms. The number of hydrogen-bond donors (Lipinski definition) is 2. The van der Waals surface area contributed by atoms with Crippen LogP contribution in [-0.4, -0.2) is 11.0 Å². The summed E-state index contributed by atoms with van der Waals surface area (Å²) < 4.78 is 13.1. The fraction of sp³-hybridized carbons (Fsp3) is 0. The van der Waals surface area contributed by atoms with Crippen LogP contribution >= 0.6 is 0 Å². The van der Waals surface area contributed by atoms with Crippen LogP contribution in [-0.2, 0) is 0 Å². The summed E-state index contributed by atoms with van der Waals surface area (Å²) in [4.78, 5) is 11.9. The Balaban J connectivity index is 2.25. The lowest BCUT2D eigenvalue weighted by Crippen LogP contribution is -2.12. The highest BCUT2D eigenvalue weighted by molar-refractivity contribution is 6.06. The van der Waals surface area contributed by atoms with E-state index >= 15 is 0 Å². The first-order valence-electron chi connectivity index (χ1n) is 5.41. The Morgan fingerprint density at radius 1 is 1.26 bits per heavy atom. The number of nitrogens with zero attached hydrogens (tertiary/aromatic N) is 1. The van der Waals surface area contributed by atoms with E-state index in [1.165, 1.54) is 24.3 Å². The van der Waals surface area contributed by atoms with Gasteiger partial charge in [-0.2, -0.15) is 5.26 Å². The lowest BCUT2D eigenvalue weighted by Gasteiger charge is -2.07. The molecule has 2 aromatic carbocycles. The lowest BCUT2D eigenvalue weighted by atomic mass is 10.1. The molecule has 4 nitrogen and oxygen atoms in total. The van der Waals surface area contributed by atoms with Crippen LogP contribution in [0.4, 0.5) is 10.1 Å². The second-order valence-electron chi connectivity index (χ2n) is 3.78. The SMILES string of the molecule is N#Cc1cc(NC(=O)c2ccccc2O)ccc1F. The van der Waals surface area contributed by atoms with Crippen molar-refractivity contribution in [3.63, 3.8) is 0 Å². The van der Waals surface area contributed by atoms with Gasteiger partial charge in [-0.3, -0.25) is 4.79 Å². The normalized spacial score (nSPS) is 9.68. The number of amides is 1. The molecule has 0 saturated carbocycles. The van der Waals surface area contributed by atoms with Crippen LogP contribution in [0, 0.1) is 17.1 Å². The zero-order chi connectivity index (χ0) is 13.8. The van der Waals surface area contributed by atoms with Crippen molar-refractivity contribution in [1.82, 2.24) is 0 Å². The van der Waals surface area contributed by atoms with E-state index in [-0.39, 0.29) is 22.6 Å². The van der Waals surface area contributed by atoms with Crippen LogP contribution in [0.25, 0.3) is 0 Å². The van der Waals surface area contributed by atoms with Crippen molar-refractivity contribution in [2.75, 3.05) is 5.32 Å². The van der Waals surface area contributed by atoms with E-state index in [0.717, 1.165) is 6.07 Å². The average Bonchev–Trinajstić information content (AvgIpc) is 2.41. The van der Waals surface area contributed by atoms with E-state index in [1.54, 1.807) is 18.2 Å². The fourth-order valence-corrected chi connectivity index (χ4v) is 1.55. The largest absolute Gasteiger partial charge is 0.507 e.